The highest BCUT2D eigenvalue weighted by molar-refractivity contribution is 5.00. The molecule has 0 saturated carbocycles. The van der Waals surface area contributed by atoms with Gasteiger partial charge in [0.15, 0.2) is 0 Å². The highest BCUT2D eigenvalue weighted by Gasteiger charge is 2.49. The largest absolute Gasteiger partial charge is 0.377 e. The second kappa shape index (κ2) is 5.25. The van der Waals surface area contributed by atoms with Crippen LogP contribution in [0.1, 0.15) is 48.0 Å². The smallest absolute Gasteiger partial charge is 0.0703 e. The maximum Gasteiger partial charge on any atom is 0.0703 e. The molecule has 1 fully saturated rings. The van der Waals surface area contributed by atoms with Crippen LogP contribution in [0, 0.1) is 5.92 Å². The average molecular weight is 243 g/mol. The first-order chi connectivity index (χ1) is 7.73. The summed E-state index contributed by atoms with van der Waals surface area (Å²) in [5.74, 6) is 0.476. The molecule has 1 N–H and O–H groups in total. The summed E-state index contributed by atoms with van der Waals surface area (Å²) in [4.78, 5) is 0. The Morgan fingerprint density at radius 1 is 1.35 bits per heavy atom. The van der Waals surface area contributed by atoms with Crippen LogP contribution in [0.2, 0.25) is 0 Å². The zero-order chi connectivity index (χ0) is 13.3. The molecule has 3 unspecified atom stereocenters. The average Bonchev–Trinajstić information content (AvgIpc) is 2.36. The molecular weight excluding hydrogens is 214 g/mol. The second-order valence-corrected chi connectivity index (χ2v) is 6.25. The zero-order valence-electron chi connectivity index (χ0n) is 12.5. The van der Waals surface area contributed by atoms with E-state index in [0.717, 1.165) is 13.0 Å². The SMILES string of the molecule is CCOC(C)C(NC)C1CC(C)(C)OC1(C)C. The predicted molar refractivity (Wildman–Crippen MR) is 71.3 cm³/mol. The topological polar surface area (TPSA) is 30.5 Å². The number of nitrogens with one attached hydrogen (secondary N) is 1. The lowest BCUT2D eigenvalue weighted by Crippen LogP contribution is -2.49. The third kappa shape index (κ3) is 3.43. The standard InChI is InChI=1S/C14H29NO2/c1-8-16-10(2)12(15-7)11-9-13(3,4)17-14(11,5)6/h10-12,15H,8-9H2,1-7H3. The molecule has 1 saturated heterocycles. The minimum absolute atomic E-state index is 0.0325. The van der Waals surface area contributed by atoms with Crippen LogP contribution in [0.5, 0.6) is 0 Å². The lowest BCUT2D eigenvalue weighted by molar-refractivity contribution is -0.0843. The molecular formula is C14H29NO2. The van der Waals surface area contributed by atoms with Gasteiger partial charge in [-0.15, -0.1) is 0 Å². The third-order valence-corrected chi connectivity index (χ3v) is 3.85. The van der Waals surface area contributed by atoms with Crippen LogP contribution in [0.3, 0.4) is 0 Å². The Kier molecular flexibility index (Phi) is 4.61. The van der Waals surface area contributed by atoms with Crippen LogP contribution in [0.4, 0.5) is 0 Å². The first-order valence-electron chi connectivity index (χ1n) is 6.72. The maximum atomic E-state index is 6.16. The van der Waals surface area contributed by atoms with Gasteiger partial charge in [-0.1, -0.05) is 0 Å². The minimum Gasteiger partial charge on any atom is -0.377 e. The van der Waals surface area contributed by atoms with Crippen molar-refractivity contribution in [3.05, 3.63) is 0 Å². The Morgan fingerprint density at radius 3 is 2.29 bits per heavy atom. The fourth-order valence-corrected chi connectivity index (χ4v) is 3.29. The van der Waals surface area contributed by atoms with E-state index in [1.165, 1.54) is 0 Å². The summed E-state index contributed by atoms with van der Waals surface area (Å²) in [5, 5.41) is 3.42. The molecule has 0 bridgehead atoms. The summed E-state index contributed by atoms with van der Waals surface area (Å²) in [7, 11) is 2.02. The number of ether oxygens (including phenoxy) is 2. The van der Waals surface area contributed by atoms with Crippen molar-refractivity contribution in [1.29, 1.82) is 0 Å². The highest BCUT2D eigenvalue weighted by Crippen LogP contribution is 2.44. The molecule has 1 aliphatic rings. The van der Waals surface area contributed by atoms with Crippen LogP contribution in [-0.4, -0.2) is 37.0 Å². The van der Waals surface area contributed by atoms with Crippen LogP contribution in [-0.2, 0) is 9.47 Å². The molecule has 0 aromatic rings. The fourth-order valence-electron chi connectivity index (χ4n) is 3.29. The van der Waals surface area contributed by atoms with Crippen LogP contribution < -0.4 is 5.32 Å². The van der Waals surface area contributed by atoms with Crippen molar-refractivity contribution in [3.63, 3.8) is 0 Å². The van der Waals surface area contributed by atoms with Crippen LogP contribution in [0.25, 0.3) is 0 Å². The summed E-state index contributed by atoms with van der Waals surface area (Å²) in [6, 6.07) is 0.340. The summed E-state index contributed by atoms with van der Waals surface area (Å²) in [5.41, 5.74) is -0.127. The van der Waals surface area contributed by atoms with E-state index in [-0.39, 0.29) is 17.3 Å². The molecule has 102 valence electrons. The van der Waals surface area contributed by atoms with Gasteiger partial charge < -0.3 is 14.8 Å². The van der Waals surface area contributed by atoms with Gasteiger partial charge in [-0.05, 0) is 55.0 Å². The minimum atomic E-state index is -0.0947. The Balaban J connectivity index is 2.82. The van der Waals surface area contributed by atoms with Crippen molar-refractivity contribution in [3.8, 4) is 0 Å². The molecule has 1 rings (SSSR count). The van der Waals surface area contributed by atoms with Gasteiger partial charge in [0, 0.05) is 18.6 Å². The van der Waals surface area contributed by atoms with E-state index in [9.17, 15) is 0 Å². The van der Waals surface area contributed by atoms with E-state index in [1.807, 2.05) is 14.0 Å². The third-order valence-electron chi connectivity index (χ3n) is 3.85. The molecule has 0 spiro atoms. The van der Waals surface area contributed by atoms with Gasteiger partial charge in [-0.2, -0.15) is 0 Å². The Morgan fingerprint density at radius 2 is 1.94 bits per heavy atom. The number of likely N-dealkylation sites (N-methyl/N-ethyl adjacent to an activating group) is 1. The van der Waals surface area contributed by atoms with E-state index < -0.39 is 0 Å². The van der Waals surface area contributed by atoms with E-state index in [4.69, 9.17) is 9.47 Å². The number of hydrogen-bond donors (Lipinski definition) is 1. The van der Waals surface area contributed by atoms with E-state index in [1.54, 1.807) is 0 Å². The van der Waals surface area contributed by atoms with Crippen LogP contribution in [0.15, 0.2) is 0 Å². The van der Waals surface area contributed by atoms with Gasteiger partial charge >= 0.3 is 0 Å². The second-order valence-electron chi connectivity index (χ2n) is 6.25. The summed E-state index contributed by atoms with van der Waals surface area (Å²) < 4.78 is 11.9. The molecule has 0 aromatic carbocycles. The summed E-state index contributed by atoms with van der Waals surface area (Å²) in [6.45, 7) is 13.7. The normalized spacial score (nSPS) is 30.2. The lowest BCUT2D eigenvalue weighted by atomic mass is 9.80. The molecule has 0 radical (unpaired) electrons. The van der Waals surface area contributed by atoms with Gasteiger partial charge in [0.05, 0.1) is 17.3 Å². The first-order valence-corrected chi connectivity index (χ1v) is 6.72. The molecule has 17 heavy (non-hydrogen) atoms. The number of hydrogen-bond acceptors (Lipinski definition) is 3. The van der Waals surface area contributed by atoms with E-state index in [0.29, 0.717) is 12.0 Å². The van der Waals surface area contributed by atoms with Crippen molar-refractivity contribution in [2.24, 2.45) is 5.92 Å². The fraction of sp³-hybridized carbons (Fsp3) is 1.00. The highest BCUT2D eigenvalue weighted by atomic mass is 16.5. The van der Waals surface area contributed by atoms with Crippen molar-refractivity contribution < 1.29 is 9.47 Å². The summed E-state index contributed by atoms with van der Waals surface area (Å²) in [6.07, 6.45) is 1.29. The van der Waals surface area contributed by atoms with Gasteiger partial charge in [0.25, 0.3) is 0 Å². The molecule has 3 heteroatoms. The predicted octanol–water partition coefficient (Wildman–Crippen LogP) is 2.59. The van der Waals surface area contributed by atoms with Crippen molar-refractivity contribution in [2.45, 2.75) is 71.3 Å². The van der Waals surface area contributed by atoms with Crippen molar-refractivity contribution >= 4 is 0 Å². The molecule has 0 aromatic heterocycles. The first kappa shape index (κ1) is 14.9. The molecule has 1 heterocycles. The molecule has 1 aliphatic heterocycles. The van der Waals surface area contributed by atoms with Crippen molar-refractivity contribution in [1.82, 2.24) is 5.32 Å². The van der Waals surface area contributed by atoms with Gasteiger partial charge in [-0.25, -0.2) is 0 Å². The Labute approximate surface area is 106 Å². The Bertz CT molecular complexity index is 251. The van der Waals surface area contributed by atoms with E-state index >= 15 is 0 Å². The molecule has 0 amide bonds. The monoisotopic (exact) mass is 243 g/mol. The Hall–Kier alpha value is -0.120. The van der Waals surface area contributed by atoms with Crippen molar-refractivity contribution in [2.75, 3.05) is 13.7 Å². The van der Waals surface area contributed by atoms with Gasteiger partial charge in [0.1, 0.15) is 0 Å². The number of rotatable bonds is 5. The maximum absolute atomic E-state index is 6.16. The molecule has 3 atom stereocenters. The lowest BCUT2D eigenvalue weighted by Gasteiger charge is -2.35. The van der Waals surface area contributed by atoms with E-state index in [2.05, 4.69) is 39.9 Å². The van der Waals surface area contributed by atoms with Gasteiger partial charge in [0.2, 0.25) is 0 Å². The molecule has 3 nitrogen and oxygen atoms in total. The van der Waals surface area contributed by atoms with Gasteiger partial charge in [-0.3, -0.25) is 0 Å². The quantitative estimate of drug-likeness (QED) is 0.805. The zero-order valence-corrected chi connectivity index (χ0v) is 12.5. The summed E-state index contributed by atoms with van der Waals surface area (Å²) >= 11 is 0. The van der Waals surface area contributed by atoms with Crippen LogP contribution >= 0.6 is 0 Å². The molecule has 0 aliphatic carbocycles.